The highest BCUT2D eigenvalue weighted by Gasteiger charge is 2.19. The molecule has 0 aliphatic carbocycles. The molecule has 0 bridgehead atoms. The summed E-state index contributed by atoms with van der Waals surface area (Å²) < 4.78 is 4.07. The van der Waals surface area contributed by atoms with Gasteiger partial charge in [0, 0.05) is 26.5 Å². The van der Waals surface area contributed by atoms with Gasteiger partial charge in [-0.25, -0.2) is 9.97 Å². The van der Waals surface area contributed by atoms with E-state index in [4.69, 9.17) is 0 Å². The number of hydrogen-bond donors (Lipinski definition) is 1. The van der Waals surface area contributed by atoms with Gasteiger partial charge in [0.05, 0.1) is 18.2 Å². The van der Waals surface area contributed by atoms with Crippen LogP contribution in [0.5, 0.6) is 0 Å². The van der Waals surface area contributed by atoms with Crippen molar-refractivity contribution in [3.05, 3.63) is 36.4 Å². The lowest BCUT2D eigenvalue weighted by Gasteiger charge is -2.18. The SMILES string of the molecule is CCCNC(c1cncn1C)c1nccn1C. The number of nitrogens with one attached hydrogen (secondary N) is 1. The quantitative estimate of drug-likeness (QED) is 0.845. The third kappa shape index (κ3) is 2.39. The van der Waals surface area contributed by atoms with E-state index in [-0.39, 0.29) is 6.04 Å². The van der Waals surface area contributed by atoms with E-state index in [9.17, 15) is 0 Å². The molecule has 1 atom stereocenters. The molecule has 5 nitrogen and oxygen atoms in total. The topological polar surface area (TPSA) is 47.7 Å². The standard InChI is InChI=1S/C12H19N5/c1-4-5-14-11(10-8-13-9-17(10)3)12-15-6-7-16(12)2/h6-9,11,14H,4-5H2,1-3H3. The summed E-state index contributed by atoms with van der Waals surface area (Å²) in [5.41, 5.74) is 1.13. The van der Waals surface area contributed by atoms with Gasteiger partial charge in [0.2, 0.25) is 0 Å². The summed E-state index contributed by atoms with van der Waals surface area (Å²) in [7, 11) is 4.02. The summed E-state index contributed by atoms with van der Waals surface area (Å²) >= 11 is 0. The Morgan fingerprint density at radius 3 is 2.71 bits per heavy atom. The summed E-state index contributed by atoms with van der Waals surface area (Å²) in [6.07, 6.45) is 8.60. The molecule has 0 saturated carbocycles. The minimum Gasteiger partial charge on any atom is -0.336 e. The van der Waals surface area contributed by atoms with Crippen LogP contribution in [0.4, 0.5) is 0 Å². The van der Waals surface area contributed by atoms with E-state index in [1.54, 1.807) is 0 Å². The molecule has 92 valence electrons. The Labute approximate surface area is 102 Å². The van der Waals surface area contributed by atoms with Gasteiger partial charge in [-0.15, -0.1) is 0 Å². The Balaban J connectivity index is 2.32. The first kappa shape index (κ1) is 11.9. The van der Waals surface area contributed by atoms with Crippen LogP contribution in [0.3, 0.4) is 0 Å². The second kappa shape index (κ2) is 5.14. The van der Waals surface area contributed by atoms with Crippen molar-refractivity contribution >= 4 is 0 Å². The third-order valence-corrected chi connectivity index (χ3v) is 2.86. The molecule has 0 saturated heterocycles. The minimum absolute atomic E-state index is 0.0995. The van der Waals surface area contributed by atoms with E-state index in [1.807, 2.05) is 48.1 Å². The lowest BCUT2D eigenvalue weighted by molar-refractivity contribution is 0.531. The second-order valence-corrected chi connectivity index (χ2v) is 4.21. The van der Waals surface area contributed by atoms with E-state index in [0.717, 1.165) is 24.5 Å². The van der Waals surface area contributed by atoms with Gasteiger partial charge in [-0.2, -0.15) is 0 Å². The fourth-order valence-corrected chi connectivity index (χ4v) is 1.92. The maximum atomic E-state index is 4.43. The lowest BCUT2D eigenvalue weighted by atomic mass is 10.2. The first-order valence-corrected chi connectivity index (χ1v) is 5.90. The Morgan fingerprint density at radius 1 is 1.35 bits per heavy atom. The van der Waals surface area contributed by atoms with Crippen molar-refractivity contribution in [2.45, 2.75) is 19.4 Å². The van der Waals surface area contributed by atoms with Crippen molar-refractivity contribution in [2.75, 3.05) is 6.54 Å². The van der Waals surface area contributed by atoms with Crippen molar-refractivity contribution in [3.63, 3.8) is 0 Å². The first-order valence-electron chi connectivity index (χ1n) is 5.90. The Bertz CT molecular complexity index is 430. The van der Waals surface area contributed by atoms with Crippen LogP contribution in [0, 0.1) is 0 Å². The summed E-state index contributed by atoms with van der Waals surface area (Å²) in [6, 6.07) is 0.0995. The smallest absolute Gasteiger partial charge is 0.131 e. The van der Waals surface area contributed by atoms with E-state index in [0.29, 0.717) is 0 Å². The molecule has 17 heavy (non-hydrogen) atoms. The zero-order chi connectivity index (χ0) is 12.3. The van der Waals surface area contributed by atoms with Crippen LogP contribution in [-0.4, -0.2) is 25.6 Å². The second-order valence-electron chi connectivity index (χ2n) is 4.21. The van der Waals surface area contributed by atoms with Crippen molar-refractivity contribution < 1.29 is 0 Å². The maximum Gasteiger partial charge on any atom is 0.131 e. The maximum absolute atomic E-state index is 4.43. The summed E-state index contributed by atoms with van der Waals surface area (Å²) in [6.45, 7) is 3.12. The molecular formula is C12H19N5. The molecule has 0 aliphatic rings. The van der Waals surface area contributed by atoms with E-state index < -0.39 is 0 Å². The predicted molar refractivity (Wildman–Crippen MR) is 66.6 cm³/mol. The molecule has 2 heterocycles. The molecule has 2 aromatic rings. The van der Waals surface area contributed by atoms with Gasteiger partial charge in [-0.05, 0) is 13.0 Å². The minimum atomic E-state index is 0.0995. The average Bonchev–Trinajstić information content (AvgIpc) is 2.90. The molecular weight excluding hydrogens is 214 g/mol. The van der Waals surface area contributed by atoms with Crippen molar-refractivity contribution in [1.82, 2.24) is 24.4 Å². The molecule has 1 unspecified atom stereocenters. The van der Waals surface area contributed by atoms with Crippen molar-refractivity contribution in [2.24, 2.45) is 14.1 Å². The Morgan fingerprint density at radius 2 is 2.18 bits per heavy atom. The molecule has 2 aromatic heterocycles. The van der Waals surface area contributed by atoms with Gasteiger partial charge in [0.25, 0.3) is 0 Å². The van der Waals surface area contributed by atoms with Crippen LogP contribution >= 0.6 is 0 Å². The van der Waals surface area contributed by atoms with Gasteiger partial charge < -0.3 is 14.5 Å². The molecule has 1 N–H and O–H groups in total. The van der Waals surface area contributed by atoms with Crippen molar-refractivity contribution in [1.29, 1.82) is 0 Å². The van der Waals surface area contributed by atoms with Gasteiger partial charge in [0.15, 0.2) is 0 Å². The van der Waals surface area contributed by atoms with E-state index in [2.05, 4.69) is 22.2 Å². The summed E-state index contributed by atoms with van der Waals surface area (Å²) in [5.74, 6) is 1.02. The molecule has 0 radical (unpaired) electrons. The van der Waals surface area contributed by atoms with Crippen LogP contribution in [0.1, 0.15) is 30.9 Å². The number of nitrogens with zero attached hydrogens (tertiary/aromatic N) is 4. The monoisotopic (exact) mass is 233 g/mol. The van der Waals surface area contributed by atoms with Gasteiger partial charge in [-0.3, -0.25) is 0 Å². The largest absolute Gasteiger partial charge is 0.336 e. The predicted octanol–water partition coefficient (Wildman–Crippen LogP) is 1.24. The van der Waals surface area contributed by atoms with Crippen LogP contribution in [0.2, 0.25) is 0 Å². The van der Waals surface area contributed by atoms with Crippen molar-refractivity contribution in [3.8, 4) is 0 Å². The average molecular weight is 233 g/mol. The molecule has 5 heteroatoms. The molecule has 0 spiro atoms. The number of imidazole rings is 2. The van der Waals surface area contributed by atoms with Gasteiger partial charge >= 0.3 is 0 Å². The normalized spacial score (nSPS) is 12.9. The van der Waals surface area contributed by atoms with Crippen LogP contribution < -0.4 is 5.32 Å². The molecule has 0 fully saturated rings. The number of rotatable bonds is 5. The zero-order valence-electron chi connectivity index (χ0n) is 10.6. The molecule has 0 aliphatic heterocycles. The fourth-order valence-electron chi connectivity index (χ4n) is 1.92. The van der Waals surface area contributed by atoms with E-state index >= 15 is 0 Å². The van der Waals surface area contributed by atoms with Crippen LogP contribution in [0.25, 0.3) is 0 Å². The highest BCUT2D eigenvalue weighted by atomic mass is 15.1. The number of aromatic nitrogens is 4. The lowest BCUT2D eigenvalue weighted by Crippen LogP contribution is -2.27. The fraction of sp³-hybridized carbons (Fsp3) is 0.500. The molecule has 0 amide bonds. The first-order chi connectivity index (χ1) is 8.24. The van der Waals surface area contributed by atoms with Gasteiger partial charge in [-0.1, -0.05) is 6.92 Å². The summed E-state index contributed by atoms with van der Waals surface area (Å²) in [4.78, 5) is 8.60. The van der Waals surface area contributed by atoms with E-state index in [1.165, 1.54) is 0 Å². The molecule has 0 aromatic carbocycles. The number of aryl methyl sites for hydroxylation is 2. The highest BCUT2D eigenvalue weighted by molar-refractivity contribution is 5.16. The van der Waals surface area contributed by atoms with Crippen LogP contribution in [0.15, 0.2) is 24.9 Å². The Kier molecular flexibility index (Phi) is 3.58. The third-order valence-electron chi connectivity index (χ3n) is 2.86. The summed E-state index contributed by atoms with van der Waals surface area (Å²) in [5, 5.41) is 3.51. The Hall–Kier alpha value is -1.62. The van der Waals surface area contributed by atoms with Crippen LogP contribution in [-0.2, 0) is 14.1 Å². The van der Waals surface area contributed by atoms with Gasteiger partial charge in [0.1, 0.15) is 11.9 Å². The zero-order valence-corrected chi connectivity index (χ0v) is 10.6. The molecule has 2 rings (SSSR count). The number of hydrogen-bond acceptors (Lipinski definition) is 3. The highest BCUT2D eigenvalue weighted by Crippen LogP contribution is 2.19.